The van der Waals surface area contributed by atoms with Crippen LogP contribution in [0.4, 0.5) is 0 Å². The third-order valence-corrected chi connectivity index (χ3v) is 6.86. The maximum Gasteiger partial charge on any atom is 0.0677 e. The van der Waals surface area contributed by atoms with E-state index in [4.69, 9.17) is 26.2 Å². The van der Waals surface area contributed by atoms with Crippen LogP contribution in [0.25, 0.3) is 0 Å². The molecule has 7 heteroatoms. The Balaban J connectivity index is 1.40. The molecule has 30 heavy (non-hydrogen) atoms. The summed E-state index contributed by atoms with van der Waals surface area (Å²) in [6.45, 7) is 12.2. The summed E-state index contributed by atoms with van der Waals surface area (Å²) in [5.74, 6) is 0.598. The molecule has 2 aliphatic rings. The molecule has 164 valence electrons. The molecular weight excluding hydrogens is 400 g/mol. The van der Waals surface area contributed by atoms with Gasteiger partial charge >= 0.3 is 0 Å². The molecule has 1 aromatic carbocycles. The van der Waals surface area contributed by atoms with Crippen molar-refractivity contribution >= 4 is 11.6 Å². The van der Waals surface area contributed by atoms with Gasteiger partial charge in [-0.2, -0.15) is 5.10 Å². The van der Waals surface area contributed by atoms with Crippen LogP contribution in [0.1, 0.15) is 28.9 Å². The smallest absolute Gasteiger partial charge is 0.0677 e. The maximum absolute atomic E-state index is 6.35. The highest BCUT2D eigenvalue weighted by molar-refractivity contribution is 6.31. The van der Waals surface area contributed by atoms with E-state index >= 15 is 0 Å². The Morgan fingerprint density at radius 1 is 1.17 bits per heavy atom. The molecule has 2 fully saturated rings. The number of nitrogens with one attached hydrogen (secondary N) is 1. The van der Waals surface area contributed by atoms with Gasteiger partial charge in [0.25, 0.3) is 0 Å². The van der Waals surface area contributed by atoms with Crippen LogP contribution in [-0.4, -0.2) is 66.8 Å². The Bertz CT molecular complexity index is 829. The van der Waals surface area contributed by atoms with E-state index in [2.05, 4.69) is 34.8 Å². The first kappa shape index (κ1) is 21.8. The summed E-state index contributed by atoms with van der Waals surface area (Å²) in [4.78, 5) is 2.58. The maximum atomic E-state index is 6.35. The van der Waals surface area contributed by atoms with Crippen molar-refractivity contribution in [1.82, 2.24) is 20.0 Å². The zero-order valence-corrected chi connectivity index (χ0v) is 18.8. The normalized spacial score (nSPS) is 21.2. The van der Waals surface area contributed by atoms with E-state index in [0.29, 0.717) is 18.5 Å². The summed E-state index contributed by atoms with van der Waals surface area (Å²) < 4.78 is 13.3. The Kier molecular flexibility index (Phi) is 7.44. The largest absolute Gasteiger partial charge is 0.381 e. The van der Waals surface area contributed by atoms with Crippen molar-refractivity contribution in [3.63, 3.8) is 0 Å². The number of hydrogen-bond donors (Lipinski definition) is 1. The second kappa shape index (κ2) is 10.2. The predicted molar refractivity (Wildman–Crippen MR) is 119 cm³/mol. The number of aryl methyl sites for hydroxylation is 1. The van der Waals surface area contributed by atoms with Gasteiger partial charge in [0.2, 0.25) is 0 Å². The van der Waals surface area contributed by atoms with Gasteiger partial charge in [-0.3, -0.25) is 9.58 Å². The summed E-state index contributed by atoms with van der Waals surface area (Å²) >= 11 is 6.35. The Hall–Kier alpha value is -1.44. The van der Waals surface area contributed by atoms with E-state index in [1.165, 1.54) is 11.3 Å². The van der Waals surface area contributed by atoms with Crippen molar-refractivity contribution < 1.29 is 9.47 Å². The van der Waals surface area contributed by atoms with E-state index in [0.717, 1.165) is 75.3 Å². The third-order valence-electron chi connectivity index (χ3n) is 6.49. The molecule has 0 spiro atoms. The lowest BCUT2D eigenvalue weighted by atomic mass is 9.96. The van der Waals surface area contributed by atoms with Crippen LogP contribution in [0, 0.1) is 19.8 Å². The molecule has 1 N–H and O–H groups in total. The molecular formula is C23H33ClN4O2. The molecule has 2 aromatic rings. The number of benzene rings is 1. The first-order valence-electron chi connectivity index (χ1n) is 11.0. The average Bonchev–Trinajstić information content (AvgIpc) is 3.37. The molecule has 0 aliphatic carbocycles. The van der Waals surface area contributed by atoms with Gasteiger partial charge in [0.05, 0.1) is 32.1 Å². The molecule has 2 aliphatic heterocycles. The van der Waals surface area contributed by atoms with Gasteiger partial charge in [-0.05, 0) is 31.9 Å². The van der Waals surface area contributed by atoms with Crippen molar-refractivity contribution in [3.05, 3.63) is 51.8 Å². The molecule has 2 atom stereocenters. The van der Waals surface area contributed by atoms with Crippen LogP contribution >= 0.6 is 11.6 Å². The van der Waals surface area contributed by atoms with Gasteiger partial charge in [0, 0.05) is 61.0 Å². The van der Waals surface area contributed by atoms with Crippen LogP contribution in [0.15, 0.2) is 24.3 Å². The minimum atomic E-state index is 0.496. The molecule has 0 radical (unpaired) electrons. The molecule has 0 amide bonds. The summed E-state index contributed by atoms with van der Waals surface area (Å²) in [5.41, 5.74) is 4.66. The lowest BCUT2D eigenvalue weighted by Gasteiger charge is -2.37. The number of rotatable bonds is 8. The van der Waals surface area contributed by atoms with E-state index in [9.17, 15) is 0 Å². The fourth-order valence-electron chi connectivity index (χ4n) is 4.64. The van der Waals surface area contributed by atoms with Gasteiger partial charge in [-0.1, -0.05) is 29.8 Å². The number of nitrogens with zero attached hydrogens (tertiary/aromatic N) is 3. The van der Waals surface area contributed by atoms with Crippen molar-refractivity contribution in [1.29, 1.82) is 0 Å². The highest BCUT2D eigenvalue weighted by Gasteiger charge is 2.31. The van der Waals surface area contributed by atoms with Crippen LogP contribution < -0.4 is 5.32 Å². The molecule has 0 unspecified atom stereocenters. The van der Waals surface area contributed by atoms with Gasteiger partial charge in [-0.15, -0.1) is 0 Å². The van der Waals surface area contributed by atoms with Gasteiger partial charge in [0.1, 0.15) is 0 Å². The second-order valence-electron chi connectivity index (χ2n) is 8.37. The number of aromatic nitrogens is 2. The lowest BCUT2D eigenvalue weighted by Crippen LogP contribution is -2.51. The number of ether oxygens (including phenoxy) is 2. The average molecular weight is 433 g/mol. The quantitative estimate of drug-likeness (QED) is 0.694. The van der Waals surface area contributed by atoms with E-state index in [-0.39, 0.29) is 0 Å². The highest BCUT2D eigenvalue weighted by Crippen LogP contribution is 2.23. The summed E-state index contributed by atoms with van der Waals surface area (Å²) in [6.07, 6.45) is 1.15. The summed E-state index contributed by atoms with van der Waals surface area (Å²) in [6, 6.07) is 8.48. The minimum Gasteiger partial charge on any atom is -0.381 e. The first-order chi connectivity index (χ1) is 14.6. The molecule has 0 saturated carbocycles. The molecule has 4 rings (SSSR count). The minimum absolute atomic E-state index is 0.496. The number of morpholine rings is 1. The molecule has 0 bridgehead atoms. The zero-order valence-electron chi connectivity index (χ0n) is 18.1. The lowest BCUT2D eigenvalue weighted by molar-refractivity contribution is 0.00137. The molecule has 1 aromatic heterocycles. The van der Waals surface area contributed by atoms with Gasteiger partial charge in [0.15, 0.2) is 0 Å². The van der Waals surface area contributed by atoms with Crippen molar-refractivity contribution in [2.45, 2.75) is 39.4 Å². The highest BCUT2D eigenvalue weighted by atomic mass is 35.5. The Morgan fingerprint density at radius 3 is 2.70 bits per heavy atom. The SMILES string of the molecule is Cc1nn(Cc2ccccc2Cl)c(C)c1CNC[C@@H]([C@H]1CCOC1)N1CCOCC1. The first-order valence-corrected chi connectivity index (χ1v) is 11.4. The topological polar surface area (TPSA) is 51.5 Å². The second-order valence-corrected chi connectivity index (χ2v) is 8.78. The summed E-state index contributed by atoms with van der Waals surface area (Å²) in [7, 11) is 0. The van der Waals surface area contributed by atoms with Crippen LogP contribution in [0.2, 0.25) is 5.02 Å². The van der Waals surface area contributed by atoms with E-state index in [1.807, 2.05) is 18.2 Å². The Labute approximate surface area is 184 Å². The van der Waals surface area contributed by atoms with Gasteiger partial charge in [-0.25, -0.2) is 0 Å². The van der Waals surface area contributed by atoms with Crippen LogP contribution in [0.5, 0.6) is 0 Å². The number of hydrogen-bond acceptors (Lipinski definition) is 5. The van der Waals surface area contributed by atoms with Crippen molar-refractivity contribution in [2.24, 2.45) is 5.92 Å². The fraction of sp³-hybridized carbons (Fsp3) is 0.609. The molecule has 6 nitrogen and oxygen atoms in total. The van der Waals surface area contributed by atoms with Crippen LogP contribution in [-0.2, 0) is 22.6 Å². The standard InChI is InChI=1S/C23H33ClN4O2/c1-17-21(18(2)28(26-17)15-19-5-3-4-6-22(19)24)13-25-14-23(20-7-10-30-16-20)27-8-11-29-12-9-27/h3-6,20,23,25H,7-16H2,1-2H3/t20-,23-/m0/s1. The molecule has 2 saturated heterocycles. The van der Waals surface area contributed by atoms with Gasteiger partial charge < -0.3 is 14.8 Å². The van der Waals surface area contributed by atoms with E-state index in [1.54, 1.807) is 0 Å². The van der Waals surface area contributed by atoms with Crippen LogP contribution in [0.3, 0.4) is 0 Å². The van der Waals surface area contributed by atoms with Crippen molar-refractivity contribution in [2.75, 3.05) is 46.1 Å². The Morgan fingerprint density at radius 2 is 1.97 bits per heavy atom. The number of halogens is 1. The fourth-order valence-corrected chi connectivity index (χ4v) is 4.83. The van der Waals surface area contributed by atoms with Crippen molar-refractivity contribution in [3.8, 4) is 0 Å². The predicted octanol–water partition coefficient (Wildman–Crippen LogP) is 3.03. The monoisotopic (exact) mass is 432 g/mol. The van der Waals surface area contributed by atoms with E-state index < -0.39 is 0 Å². The zero-order chi connectivity index (χ0) is 20.9. The third kappa shape index (κ3) is 5.06. The molecule has 3 heterocycles. The summed E-state index contributed by atoms with van der Waals surface area (Å²) in [5, 5.41) is 9.30.